The van der Waals surface area contributed by atoms with Crippen molar-refractivity contribution >= 4 is 45.1 Å². The number of carbonyl (C=O) groups excluding carboxylic acids is 1. The van der Waals surface area contributed by atoms with Crippen molar-refractivity contribution in [2.75, 3.05) is 7.11 Å². The number of benzene rings is 2. The quantitative estimate of drug-likeness (QED) is 0.489. The first-order valence-corrected chi connectivity index (χ1v) is 8.16. The van der Waals surface area contributed by atoms with Crippen LogP contribution in [-0.2, 0) is 7.05 Å². The van der Waals surface area contributed by atoms with Crippen LogP contribution in [0.5, 0.6) is 11.6 Å². The van der Waals surface area contributed by atoms with Crippen molar-refractivity contribution in [3.05, 3.63) is 51.6 Å². The minimum atomic E-state index is -0.483. The Morgan fingerprint density at radius 1 is 1.25 bits per heavy atom. The molecule has 0 aliphatic heterocycles. The Labute approximate surface area is 151 Å². The summed E-state index contributed by atoms with van der Waals surface area (Å²) in [5.74, 6) is 0.177. The third kappa shape index (κ3) is 2.86. The van der Waals surface area contributed by atoms with Crippen LogP contribution in [0.25, 0.3) is 10.9 Å². The number of carbonyl (C=O) groups is 1. The minimum absolute atomic E-state index is 0.0305. The standard InChI is InChI=1S/C17H14IN3O3/c1-21-13-6-4-3-5-11(13)15(17(21)23)19-20-16(22)10-7-8-14(24-2)12(18)9-10/h3-9,23H,1-2H3. The lowest BCUT2D eigenvalue weighted by Gasteiger charge is -2.03. The van der Waals surface area contributed by atoms with Crippen molar-refractivity contribution < 1.29 is 14.6 Å². The number of nitrogens with zero attached hydrogens (tertiary/aromatic N) is 3. The second kappa shape index (κ2) is 6.60. The highest BCUT2D eigenvalue weighted by Gasteiger charge is 2.14. The number of aromatic nitrogens is 1. The molecule has 0 aliphatic rings. The van der Waals surface area contributed by atoms with Crippen LogP contribution < -0.4 is 4.74 Å². The molecular formula is C17H14IN3O3. The summed E-state index contributed by atoms with van der Waals surface area (Å²) < 4.78 is 7.58. The van der Waals surface area contributed by atoms with Gasteiger partial charge >= 0.3 is 0 Å². The summed E-state index contributed by atoms with van der Waals surface area (Å²) in [6, 6.07) is 12.4. The van der Waals surface area contributed by atoms with Gasteiger partial charge in [-0.25, -0.2) is 0 Å². The van der Waals surface area contributed by atoms with E-state index in [1.807, 2.05) is 24.3 Å². The van der Waals surface area contributed by atoms with Gasteiger partial charge in [-0.2, -0.15) is 0 Å². The fraction of sp³-hybridized carbons (Fsp3) is 0.118. The lowest BCUT2D eigenvalue weighted by Crippen LogP contribution is -1.96. The number of amides is 1. The van der Waals surface area contributed by atoms with Gasteiger partial charge in [-0.3, -0.25) is 4.79 Å². The Kier molecular flexibility index (Phi) is 4.52. The maximum absolute atomic E-state index is 12.2. The molecule has 3 aromatic rings. The van der Waals surface area contributed by atoms with E-state index in [2.05, 4.69) is 32.8 Å². The number of hydrogen-bond donors (Lipinski definition) is 1. The van der Waals surface area contributed by atoms with Crippen LogP contribution in [0.1, 0.15) is 10.4 Å². The van der Waals surface area contributed by atoms with Crippen LogP contribution in [0, 0.1) is 3.57 Å². The molecule has 0 saturated carbocycles. The number of aryl methyl sites for hydroxylation is 1. The van der Waals surface area contributed by atoms with E-state index in [0.29, 0.717) is 11.3 Å². The number of methoxy groups -OCH3 is 1. The topological polar surface area (TPSA) is 76.2 Å². The molecule has 2 aromatic carbocycles. The normalized spacial score (nSPS) is 11.3. The van der Waals surface area contributed by atoms with Crippen molar-refractivity contribution in [3.8, 4) is 11.6 Å². The van der Waals surface area contributed by atoms with Crippen LogP contribution in [0.2, 0.25) is 0 Å². The minimum Gasteiger partial charge on any atom is -0.496 e. The van der Waals surface area contributed by atoms with Gasteiger partial charge in [0.1, 0.15) is 5.75 Å². The first-order chi connectivity index (χ1) is 11.5. The van der Waals surface area contributed by atoms with E-state index in [0.717, 1.165) is 14.5 Å². The zero-order valence-electron chi connectivity index (χ0n) is 13.0. The van der Waals surface area contributed by atoms with E-state index >= 15 is 0 Å². The van der Waals surface area contributed by atoms with Crippen molar-refractivity contribution in [2.24, 2.45) is 17.3 Å². The average Bonchev–Trinajstić information content (AvgIpc) is 2.84. The molecule has 1 amide bonds. The molecule has 0 bridgehead atoms. The van der Waals surface area contributed by atoms with Crippen LogP contribution in [0.3, 0.4) is 0 Å². The van der Waals surface area contributed by atoms with E-state index in [1.54, 1.807) is 36.9 Å². The molecule has 1 N–H and O–H groups in total. The number of halogens is 1. The van der Waals surface area contributed by atoms with Crippen LogP contribution >= 0.6 is 22.6 Å². The number of hydrogen-bond acceptors (Lipinski definition) is 4. The maximum Gasteiger partial charge on any atom is 0.295 e. The molecule has 0 fully saturated rings. The highest BCUT2D eigenvalue weighted by molar-refractivity contribution is 14.1. The summed E-state index contributed by atoms with van der Waals surface area (Å²) in [6.45, 7) is 0. The Balaban J connectivity index is 1.95. The first kappa shape index (κ1) is 16.4. The van der Waals surface area contributed by atoms with Crippen LogP contribution in [0.15, 0.2) is 52.7 Å². The zero-order valence-corrected chi connectivity index (χ0v) is 15.2. The summed E-state index contributed by atoms with van der Waals surface area (Å²) >= 11 is 2.09. The number of aromatic hydroxyl groups is 1. The smallest absolute Gasteiger partial charge is 0.295 e. The molecule has 0 atom stereocenters. The largest absolute Gasteiger partial charge is 0.496 e. The fourth-order valence-electron chi connectivity index (χ4n) is 2.41. The average molecular weight is 435 g/mol. The summed E-state index contributed by atoms with van der Waals surface area (Å²) in [7, 11) is 3.30. The lowest BCUT2D eigenvalue weighted by atomic mass is 10.2. The number of ether oxygens (including phenoxy) is 1. The second-order valence-electron chi connectivity index (χ2n) is 5.10. The van der Waals surface area contributed by atoms with E-state index in [1.165, 1.54) is 0 Å². The highest BCUT2D eigenvalue weighted by Crippen LogP contribution is 2.37. The molecule has 0 spiro atoms. The SMILES string of the molecule is COc1ccc(C(=O)N=Nc2c(O)n(C)c3ccccc23)cc1I. The van der Waals surface area contributed by atoms with Gasteiger partial charge in [0.15, 0.2) is 5.69 Å². The molecular weight excluding hydrogens is 421 g/mol. The molecule has 122 valence electrons. The van der Waals surface area contributed by atoms with E-state index in [-0.39, 0.29) is 11.6 Å². The summed E-state index contributed by atoms with van der Waals surface area (Å²) in [5.41, 5.74) is 1.50. The number of azo groups is 1. The van der Waals surface area contributed by atoms with Crippen LogP contribution in [0.4, 0.5) is 5.69 Å². The molecule has 0 aliphatic carbocycles. The molecule has 3 rings (SSSR count). The van der Waals surface area contributed by atoms with Crippen molar-refractivity contribution in [1.82, 2.24) is 4.57 Å². The molecule has 1 aromatic heterocycles. The van der Waals surface area contributed by atoms with E-state index < -0.39 is 5.91 Å². The predicted molar refractivity (Wildman–Crippen MR) is 99.1 cm³/mol. The Morgan fingerprint density at radius 3 is 2.71 bits per heavy atom. The molecule has 7 heteroatoms. The zero-order chi connectivity index (χ0) is 17.3. The van der Waals surface area contributed by atoms with Crippen molar-refractivity contribution in [1.29, 1.82) is 0 Å². The predicted octanol–water partition coefficient (Wildman–Crippen LogP) is 4.42. The molecule has 6 nitrogen and oxygen atoms in total. The van der Waals surface area contributed by atoms with Gasteiger partial charge in [0.05, 0.1) is 16.2 Å². The molecule has 24 heavy (non-hydrogen) atoms. The number of rotatable bonds is 3. The maximum atomic E-state index is 12.2. The van der Waals surface area contributed by atoms with Crippen LogP contribution in [-0.4, -0.2) is 22.7 Å². The van der Waals surface area contributed by atoms with Gasteiger partial charge in [0, 0.05) is 18.0 Å². The number of para-hydroxylation sites is 1. The molecule has 0 radical (unpaired) electrons. The third-order valence-corrected chi connectivity index (χ3v) is 4.53. The van der Waals surface area contributed by atoms with Crippen molar-refractivity contribution in [2.45, 2.75) is 0 Å². The molecule has 1 heterocycles. The van der Waals surface area contributed by atoms with Crippen molar-refractivity contribution in [3.63, 3.8) is 0 Å². The Hall–Kier alpha value is -2.42. The van der Waals surface area contributed by atoms with Gasteiger partial charge in [-0.1, -0.05) is 18.2 Å². The third-order valence-electron chi connectivity index (χ3n) is 3.69. The number of fused-ring (bicyclic) bond motifs is 1. The first-order valence-electron chi connectivity index (χ1n) is 7.09. The Morgan fingerprint density at radius 2 is 2.00 bits per heavy atom. The Bertz CT molecular complexity index is 963. The van der Waals surface area contributed by atoms with E-state index in [9.17, 15) is 9.90 Å². The summed E-state index contributed by atoms with van der Waals surface area (Å²) in [4.78, 5) is 12.2. The molecule has 0 saturated heterocycles. The van der Waals surface area contributed by atoms with E-state index in [4.69, 9.17) is 4.74 Å². The summed E-state index contributed by atoms with van der Waals surface area (Å²) in [5, 5.41) is 18.7. The summed E-state index contributed by atoms with van der Waals surface area (Å²) in [6.07, 6.45) is 0. The fourth-order valence-corrected chi connectivity index (χ4v) is 3.15. The lowest BCUT2D eigenvalue weighted by molar-refractivity contribution is 0.0995. The highest BCUT2D eigenvalue weighted by atomic mass is 127. The van der Waals surface area contributed by atoms with Gasteiger partial charge in [-0.15, -0.1) is 10.2 Å². The second-order valence-corrected chi connectivity index (χ2v) is 6.27. The van der Waals surface area contributed by atoms with Gasteiger partial charge < -0.3 is 14.4 Å². The monoisotopic (exact) mass is 435 g/mol. The van der Waals surface area contributed by atoms with Gasteiger partial charge in [0.25, 0.3) is 5.91 Å². The molecule has 0 unspecified atom stereocenters. The van der Waals surface area contributed by atoms with Gasteiger partial charge in [0.2, 0.25) is 5.88 Å². The van der Waals surface area contributed by atoms with Gasteiger partial charge in [-0.05, 0) is 46.9 Å².